The monoisotopic (exact) mass is 440 g/mol. The number of hydrogen-bond acceptors (Lipinski definition) is 3. The van der Waals surface area contributed by atoms with Crippen LogP contribution >= 0.6 is 0 Å². The number of aryl methyl sites for hydroxylation is 2. The first-order valence-corrected chi connectivity index (χ1v) is 11.1. The molecule has 6 nitrogen and oxygen atoms in total. The first-order chi connectivity index (χ1) is 16.0. The molecule has 0 fully saturated rings. The lowest BCUT2D eigenvalue weighted by Crippen LogP contribution is -2.30. The average Bonchev–Trinajstić information content (AvgIpc) is 3.19. The first-order valence-electron chi connectivity index (χ1n) is 11.1. The maximum atomic E-state index is 13.0. The molecule has 0 aliphatic carbocycles. The number of carbonyl (C=O) groups is 2. The van der Waals surface area contributed by atoms with E-state index in [4.69, 9.17) is 4.98 Å². The molecule has 1 N–H and O–H groups in total. The van der Waals surface area contributed by atoms with Crippen LogP contribution in [-0.4, -0.2) is 35.0 Å². The molecule has 168 valence electrons. The van der Waals surface area contributed by atoms with Crippen LogP contribution in [0.4, 0.5) is 5.69 Å². The molecule has 0 atom stereocenters. The standard InChI is InChI=1S/C27H28N4O2/c1-20-11-6-7-14-22(20)27(33)28-18-10-17-25-29-23-15-8-9-16-24(23)31(25)19-26(32)30(2)21-12-4-3-5-13-21/h3-9,11-16H,10,17-19H2,1-2H3,(H,28,33). The minimum absolute atomic E-state index is 0.0153. The average molecular weight is 441 g/mol. The molecule has 0 saturated heterocycles. The summed E-state index contributed by atoms with van der Waals surface area (Å²) in [7, 11) is 1.79. The second-order valence-corrected chi connectivity index (χ2v) is 8.07. The van der Waals surface area contributed by atoms with Crippen molar-refractivity contribution < 1.29 is 9.59 Å². The fraction of sp³-hybridized carbons (Fsp3) is 0.222. The van der Waals surface area contributed by atoms with Crippen molar-refractivity contribution in [2.24, 2.45) is 0 Å². The molecule has 0 aliphatic heterocycles. The lowest BCUT2D eigenvalue weighted by Gasteiger charge is -2.18. The number of imidazole rings is 1. The fourth-order valence-corrected chi connectivity index (χ4v) is 3.90. The molecule has 0 saturated carbocycles. The Hall–Kier alpha value is -3.93. The highest BCUT2D eigenvalue weighted by molar-refractivity contribution is 5.95. The summed E-state index contributed by atoms with van der Waals surface area (Å²) < 4.78 is 1.99. The van der Waals surface area contributed by atoms with Crippen molar-refractivity contribution in [3.63, 3.8) is 0 Å². The number of hydrogen-bond donors (Lipinski definition) is 1. The summed E-state index contributed by atoms with van der Waals surface area (Å²) in [5.74, 6) is 0.760. The Balaban J connectivity index is 1.44. The van der Waals surface area contributed by atoms with E-state index >= 15 is 0 Å². The molecule has 0 aliphatic rings. The number of anilines is 1. The van der Waals surface area contributed by atoms with E-state index < -0.39 is 0 Å². The topological polar surface area (TPSA) is 67.2 Å². The molecular formula is C27H28N4O2. The van der Waals surface area contributed by atoms with Crippen LogP contribution in [0.25, 0.3) is 11.0 Å². The lowest BCUT2D eigenvalue weighted by molar-refractivity contribution is -0.118. The second kappa shape index (κ2) is 10.1. The Kier molecular flexibility index (Phi) is 6.83. The third kappa shape index (κ3) is 5.12. The number of benzene rings is 3. The molecule has 3 aromatic carbocycles. The van der Waals surface area contributed by atoms with E-state index in [1.165, 1.54) is 0 Å². The van der Waals surface area contributed by atoms with Gasteiger partial charge in [-0.05, 0) is 49.2 Å². The molecule has 0 bridgehead atoms. The van der Waals surface area contributed by atoms with Gasteiger partial charge in [0.1, 0.15) is 12.4 Å². The van der Waals surface area contributed by atoms with Crippen LogP contribution in [0.5, 0.6) is 0 Å². The molecular weight excluding hydrogens is 412 g/mol. The molecule has 0 unspecified atom stereocenters. The number of amides is 2. The number of rotatable bonds is 8. The van der Waals surface area contributed by atoms with Gasteiger partial charge in [-0.25, -0.2) is 4.98 Å². The van der Waals surface area contributed by atoms with E-state index in [1.807, 2.05) is 90.4 Å². The minimum Gasteiger partial charge on any atom is -0.352 e. The van der Waals surface area contributed by atoms with E-state index in [1.54, 1.807) is 11.9 Å². The van der Waals surface area contributed by atoms with Gasteiger partial charge in [-0.2, -0.15) is 0 Å². The van der Waals surface area contributed by atoms with Crippen LogP contribution in [0.15, 0.2) is 78.9 Å². The van der Waals surface area contributed by atoms with Gasteiger partial charge in [0.2, 0.25) is 5.91 Å². The Bertz CT molecular complexity index is 1260. The van der Waals surface area contributed by atoms with Crippen LogP contribution in [0.2, 0.25) is 0 Å². The molecule has 0 radical (unpaired) electrons. The summed E-state index contributed by atoms with van der Waals surface area (Å²) in [5, 5.41) is 2.99. The van der Waals surface area contributed by atoms with Crippen molar-refractivity contribution in [1.29, 1.82) is 0 Å². The van der Waals surface area contributed by atoms with E-state index in [0.717, 1.165) is 34.5 Å². The zero-order valence-corrected chi connectivity index (χ0v) is 19.0. The Labute approximate surface area is 193 Å². The Morgan fingerprint density at radius 3 is 2.42 bits per heavy atom. The van der Waals surface area contributed by atoms with Gasteiger partial charge in [0.05, 0.1) is 11.0 Å². The molecule has 4 aromatic rings. The fourth-order valence-electron chi connectivity index (χ4n) is 3.90. The highest BCUT2D eigenvalue weighted by Crippen LogP contribution is 2.19. The summed E-state index contributed by atoms with van der Waals surface area (Å²) in [6.07, 6.45) is 1.38. The summed E-state index contributed by atoms with van der Waals surface area (Å²) in [6, 6.07) is 25.0. The summed E-state index contributed by atoms with van der Waals surface area (Å²) in [6.45, 7) is 2.67. The Morgan fingerprint density at radius 1 is 0.939 bits per heavy atom. The zero-order chi connectivity index (χ0) is 23.2. The van der Waals surface area contributed by atoms with Crippen LogP contribution in [-0.2, 0) is 17.8 Å². The van der Waals surface area contributed by atoms with Crippen LogP contribution in [0.3, 0.4) is 0 Å². The predicted molar refractivity (Wildman–Crippen MR) is 131 cm³/mol. The predicted octanol–water partition coefficient (Wildman–Crippen LogP) is 4.37. The van der Waals surface area contributed by atoms with E-state index in [9.17, 15) is 9.59 Å². The van der Waals surface area contributed by atoms with Gasteiger partial charge in [0.15, 0.2) is 0 Å². The number of para-hydroxylation sites is 3. The lowest BCUT2D eigenvalue weighted by atomic mass is 10.1. The Morgan fingerprint density at radius 2 is 1.64 bits per heavy atom. The third-order valence-electron chi connectivity index (χ3n) is 5.80. The van der Waals surface area contributed by atoms with Crippen molar-refractivity contribution in [1.82, 2.24) is 14.9 Å². The molecule has 33 heavy (non-hydrogen) atoms. The van der Waals surface area contributed by atoms with Gasteiger partial charge in [-0.15, -0.1) is 0 Å². The van der Waals surface area contributed by atoms with E-state index in [-0.39, 0.29) is 18.4 Å². The molecule has 1 heterocycles. The highest BCUT2D eigenvalue weighted by Gasteiger charge is 2.17. The van der Waals surface area contributed by atoms with Gasteiger partial charge in [-0.3, -0.25) is 9.59 Å². The van der Waals surface area contributed by atoms with Crippen molar-refractivity contribution in [3.05, 3.63) is 95.8 Å². The first kappa shape index (κ1) is 22.3. The van der Waals surface area contributed by atoms with Crippen molar-refractivity contribution >= 4 is 28.5 Å². The molecule has 1 aromatic heterocycles. The summed E-state index contributed by atoms with van der Waals surface area (Å²) >= 11 is 0. The maximum absolute atomic E-state index is 13.0. The maximum Gasteiger partial charge on any atom is 0.251 e. The summed E-state index contributed by atoms with van der Waals surface area (Å²) in [5.41, 5.74) is 4.31. The van der Waals surface area contributed by atoms with Gasteiger partial charge in [-0.1, -0.05) is 48.5 Å². The van der Waals surface area contributed by atoms with Crippen molar-refractivity contribution in [2.45, 2.75) is 26.3 Å². The van der Waals surface area contributed by atoms with Gasteiger partial charge in [0, 0.05) is 31.3 Å². The number of aromatic nitrogens is 2. The number of nitrogens with zero attached hydrogens (tertiary/aromatic N) is 3. The molecule has 4 rings (SSSR count). The highest BCUT2D eigenvalue weighted by atomic mass is 16.2. The molecule has 6 heteroatoms. The number of nitrogens with one attached hydrogen (secondary N) is 1. The van der Waals surface area contributed by atoms with Gasteiger partial charge in [0.25, 0.3) is 5.91 Å². The quantitative estimate of drug-likeness (QED) is 0.414. The summed E-state index contributed by atoms with van der Waals surface area (Å²) in [4.78, 5) is 31.9. The number of fused-ring (bicyclic) bond motifs is 1. The van der Waals surface area contributed by atoms with Crippen molar-refractivity contribution in [2.75, 3.05) is 18.5 Å². The number of carbonyl (C=O) groups excluding carboxylic acids is 2. The largest absolute Gasteiger partial charge is 0.352 e. The van der Waals surface area contributed by atoms with Crippen LogP contribution < -0.4 is 10.2 Å². The van der Waals surface area contributed by atoms with E-state index in [2.05, 4.69) is 5.32 Å². The van der Waals surface area contributed by atoms with E-state index in [0.29, 0.717) is 18.5 Å². The normalized spacial score (nSPS) is 10.8. The van der Waals surface area contributed by atoms with Gasteiger partial charge < -0.3 is 14.8 Å². The van der Waals surface area contributed by atoms with Crippen LogP contribution in [0.1, 0.15) is 28.2 Å². The molecule has 0 spiro atoms. The van der Waals surface area contributed by atoms with Gasteiger partial charge >= 0.3 is 0 Å². The number of likely N-dealkylation sites (N-methyl/N-ethyl adjacent to an activating group) is 1. The third-order valence-corrected chi connectivity index (χ3v) is 5.80. The smallest absolute Gasteiger partial charge is 0.251 e. The minimum atomic E-state index is -0.0683. The SMILES string of the molecule is Cc1ccccc1C(=O)NCCCc1nc2ccccc2n1CC(=O)N(C)c1ccccc1. The second-order valence-electron chi connectivity index (χ2n) is 8.07. The van der Waals surface area contributed by atoms with Crippen molar-refractivity contribution in [3.8, 4) is 0 Å². The zero-order valence-electron chi connectivity index (χ0n) is 19.0. The van der Waals surface area contributed by atoms with Crippen LogP contribution in [0, 0.1) is 6.92 Å². The molecule has 2 amide bonds.